The van der Waals surface area contributed by atoms with Gasteiger partial charge in [-0.3, -0.25) is 9.59 Å². The standard InChI is InChI=1S/C12H17N3O3/c1-2-15-11(12(14)17)8-3-5-9(6-4-8)18-7-10(13)16/h3-6,11,15H,2,7H2,1H3,(H2,13,16)(H2,14,17). The first-order valence-corrected chi connectivity index (χ1v) is 5.58. The molecule has 1 aromatic rings. The molecule has 0 fully saturated rings. The molecule has 1 rings (SSSR count). The smallest absolute Gasteiger partial charge is 0.255 e. The molecule has 5 N–H and O–H groups in total. The monoisotopic (exact) mass is 251 g/mol. The van der Waals surface area contributed by atoms with Crippen molar-refractivity contribution in [3.8, 4) is 5.75 Å². The third-order valence-electron chi connectivity index (χ3n) is 2.29. The second-order valence-corrected chi connectivity index (χ2v) is 3.72. The number of primary amides is 2. The van der Waals surface area contributed by atoms with Crippen molar-refractivity contribution in [2.24, 2.45) is 11.5 Å². The molecule has 0 saturated heterocycles. The minimum Gasteiger partial charge on any atom is -0.484 e. The van der Waals surface area contributed by atoms with E-state index in [4.69, 9.17) is 16.2 Å². The van der Waals surface area contributed by atoms with Crippen LogP contribution in [-0.4, -0.2) is 25.0 Å². The van der Waals surface area contributed by atoms with Gasteiger partial charge in [0.1, 0.15) is 11.8 Å². The van der Waals surface area contributed by atoms with Gasteiger partial charge in [-0.15, -0.1) is 0 Å². The molecular weight excluding hydrogens is 234 g/mol. The summed E-state index contributed by atoms with van der Waals surface area (Å²) in [6.07, 6.45) is 0. The molecule has 0 aromatic heterocycles. The molecule has 0 heterocycles. The summed E-state index contributed by atoms with van der Waals surface area (Å²) in [5.74, 6) is -0.471. The maximum absolute atomic E-state index is 11.3. The van der Waals surface area contributed by atoms with Gasteiger partial charge in [0.2, 0.25) is 5.91 Å². The van der Waals surface area contributed by atoms with Crippen LogP contribution in [0.2, 0.25) is 0 Å². The summed E-state index contributed by atoms with van der Waals surface area (Å²) in [7, 11) is 0. The van der Waals surface area contributed by atoms with Crippen molar-refractivity contribution in [1.29, 1.82) is 0 Å². The molecule has 0 spiro atoms. The molecule has 98 valence electrons. The Labute approximate surface area is 105 Å². The topological polar surface area (TPSA) is 107 Å². The van der Waals surface area contributed by atoms with E-state index < -0.39 is 17.9 Å². The van der Waals surface area contributed by atoms with Gasteiger partial charge in [0.25, 0.3) is 5.91 Å². The Morgan fingerprint density at radius 2 is 1.89 bits per heavy atom. The van der Waals surface area contributed by atoms with Gasteiger partial charge in [-0.05, 0) is 24.2 Å². The zero-order chi connectivity index (χ0) is 13.5. The van der Waals surface area contributed by atoms with Gasteiger partial charge in [-0.2, -0.15) is 0 Å². The molecule has 1 unspecified atom stereocenters. The highest BCUT2D eigenvalue weighted by molar-refractivity contribution is 5.81. The Morgan fingerprint density at radius 3 is 2.33 bits per heavy atom. The predicted molar refractivity (Wildman–Crippen MR) is 66.7 cm³/mol. The van der Waals surface area contributed by atoms with Crippen molar-refractivity contribution in [3.63, 3.8) is 0 Å². The lowest BCUT2D eigenvalue weighted by Gasteiger charge is -2.14. The van der Waals surface area contributed by atoms with Gasteiger partial charge < -0.3 is 21.5 Å². The van der Waals surface area contributed by atoms with E-state index in [0.717, 1.165) is 5.56 Å². The summed E-state index contributed by atoms with van der Waals surface area (Å²) in [4.78, 5) is 21.8. The minimum atomic E-state index is -0.540. The number of carbonyl (C=O) groups is 2. The van der Waals surface area contributed by atoms with Crippen LogP contribution >= 0.6 is 0 Å². The summed E-state index contributed by atoms with van der Waals surface area (Å²) in [5, 5.41) is 2.98. The number of nitrogens with two attached hydrogens (primary N) is 2. The number of carbonyl (C=O) groups excluding carboxylic acids is 2. The third-order valence-corrected chi connectivity index (χ3v) is 2.29. The van der Waals surface area contributed by atoms with Crippen LogP contribution in [0, 0.1) is 0 Å². The fraction of sp³-hybridized carbons (Fsp3) is 0.333. The van der Waals surface area contributed by atoms with E-state index in [-0.39, 0.29) is 6.61 Å². The number of hydrogen-bond donors (Lipinski definition) is 3. The fourth-order valence-electron chi connectivity index (χ4n) is 1.50. The van der Waals surface area contributed by atoms with Gasteiger partial charge in [0.15, 0.2) is 6.61 Å². The zero-order valence-corrected chi connectivity index (χ0v) is 10.2. The van der Waals surface area contributed by atoms with Crippen LogP contribution in [-0.2, 0) is 9.59 Å². The predicted octanol–water partition coefficient (Wildman–Crippen LogP) is -0.313. The molecule has 2 amide bonds. The van der Waals surface area contributed by atoms with E-state index in [1.807, 2.05) is 6.92 Å². The zero-order valence-electron chi connectivity index (χ0n) is 10.2. The maximum Gasteiger partial charge on any atom is 0.255 e. The Morgan fingerprint density at radius 1 is 1.28 bits per heavy atom. The van der Waals surface area contributed by atoms with Crippen molar-refractivity contribution in [3.05, 3.63) is 29.8 Å². The van der Waals surface area contributed by atoms with Crippen LogP contribution < -0.4 is 21.5 Å². The second-order valence-electron chi connectivity index (χ2n) is 3.72. The van der Waals surface area contributed by atoms with Crippen molar-refractivity contribution in [2.45, 2.75) is 13.0 Å². The van der Waals surface area contributed by atoms with E-state index in [2.05, 4.69) is 5.32 Å². The summed E-state index contributed by atoms with van der Waals surface area (Å²) in [5.41, 5.74) is 11.0. The van der Waals surface area contributed by atoms with Crippen molar-refractivity contribution in [1.82, 2.24) is 5.32 Å². The van der Waals surface area contributed by atoms with Crippen LogP contribution in [0.15, 0.2) is 24.3 Å². The normalized spacial score (nSPS) is 11.8. The molecule has 18 heavy (non-hydrogen) atoms. The Balaban J connectivity index is 2.73. The van der Waals surface area contributed by atoms with Gasteiger partial charge >= 0.3 is 0 Å². The summed E-state index contributed by atoms with van der Waals surface area (Å²) < 4.78 is 5.11. The first-order valence-electron chi connectivity index (χ1n) is 5.58. The highest BCUT2D eigenvalue weighted by Crippen LogP contribution is 2.17. The lowest BCUT2D eigenvalue weighted by atomic mass is 10.1. The van der Waals surface area contributed by atoms with E-state index >= 15 is 0 Å². The summed E-state index contributed by atoms with van der Waals surface area (Å²) >= 11 is 0. The quantitative estimate of drug-likeness (QED) is 0.617. The van der Waals surface area contributed by atoms with E-state index in [9.17, 15) is 9.59 Å². The first-order chi connectivity index (χ1) is 8.54. The van der Waals surface area contributed by atoms with Gasteiger partial charge in [-0.25, -0.2) is 0 Å². The lowest BCUT2D eigenvalue weighted by Crippen LogP contribution is -2.33. The van der Waals surface area contributed by atoms with Crippen LogP contribution in [0.1, 0.15) is 18.5 Å². The maximum atomic E-state index is 11.3. The number of benzene rings is 1. The van der Waals surface area contributed by atoms with Crippen LogP contribution in [0.3, 0.4) is 0 Å². The molecule has 0 aliphatic rings. The van der Waals surface area contributed by atoms with Crippen molar-refractivity contribution >= 4 is 11.8 Å². The Hall–Kier alpha value is -2.08. The third kappa shape index (κ3) is 4.06. The molecule has 6 nitrogen and oxygen atoms in total. The van der Waals surface area contributed by atoms with Crippen molar-refractivity contribution < 1.29 is 14.3 Å². The molecule has 1 atom stereocenters. The van der Waals surface area contributed by atoms with Gasteiger partial charge in [0, 0.05) is 0 Å². The highest BCUT2D eigenvalue weighted by Gasteiger charge is 2.15. The average Bonchev–Trinajstić information content (AvgIpc) is 2.34. The SMILES string of the molecule is CCNC(C(N)=O)c1ccc(OCC(N)=O)cc1. The van der Waals surface area contributed by atoms with Crippen LogP contribution in [0.25, 0.3) is 0 Å². The molecule has 1 aromatic carbocycles. The van der Waals surface area contributed by atoms with Crippen LogP contribution in [0.5, 0.6) is 5.75 Å². The Kier molecular flexibility index (Phi) is 5.13. The van der Waals surface area contributed by atoms with Crippen LogP contribution in [0.4, 0.5) is 0 Å². The number of nitrogens with one attached hydrogen (secondary N) is 1. The largest absolute Gasteiger partial charge is 0.484 e. The highest BCUT2D eigenvalue weighted by atomic mass is 16.5. The number of hydrogen-bond acceptors (Lipinski definition) is 4. The molecular formula is C12H17N3O3. The second kappa shape index (κ2) is 6.61. The summed E-state index contributed by atoms with van der Waals surface area (Å²) in [6, 6.07) is 6.22. The molecule has 6 heteroatoms. The minimum absolute atomic E-state index is 0.175. The number of rotatable bonds is 7. The first kappa shape index (κ1) is 14.0. The van der Waals surface area contributed by atoms with Gasteiger partial charge in [-0.1, -0.05) is 19.1 Å². The molecule has 0 radical (unpaired) electrons. The molecule has 0 bridgehead atoms. The van der Waals surface area contributed by atoms with E-state index in [1.165, 1.54) is 0 Å². The number of ether oxygens (including phenoxy) is 1. The fourth-order valence-corrected chi connectivity index (χ4v) is 1.50. The molecule has 0 aliphatic heterocycles. The van der Waals surface area contributed by atoms with Gasteiger partial charge in [0.05, 0.1) is 0 Å². The summed E-state index contributed by atoms with van der Waals surface area (Å²) in [6.45, 7) is 2.35. The number of amides is 2. The molecule has 0 aliphatic carbocycles. The van der Waals surface area contributed by atoms with Crippen molar-refractivity contribution in [2.75, 3.05) is 13.2 Å². The molecule has 0 saturated carbocycles. The Bertz CT molecular complexity index is 417. The van der Waals surface area contributed by atoms with E-state index in [0.29, 0.717) is 12.3 Å². The van der Waals surface area contributed by atoms with E-state index in [1.54, 1.807) is 24.3 Å². The lowest BCUT2D eigenvalue weighted by molar-refractivity contribution is -0.120. The average molecular weight is 251 g/mol. The number of likely N-dealkylation sites (N-methyl/N-ethyl adjacent to an activating group) is 1.